The van der Waals surface area contributed by atoms with Gasteiger partial charge in [-0.05, 0) is 42.5 Å². The lowest BCUT2D eigenvalue weighted by Crippen LogP contribution is -2.32. The summed E-state index contributed by atoms with van der Waals surface area (Å²) in [6.45, 7) is 1.58. The Morgan fingerprint density at radius 2 is 1.88 bits per heavy atom. The molecule has 4 nitrogen and oxygen atoms in total. The number of carbonyl (C=O) groups is 1. The van der Waals surface area contributed by atoms with Crippen LogP contribution in [0.1, 0.15) is 31.7 Å². The maximum atomic E-state index is 11.7. The third-order valence-corrected chi connectivity index (χ3v) is 4.33. The molecule has 0 spiro atoms. The summed E-state index contributed by atoms with van der Waals surface area (Å²) in [5.41, 5.74) is 1.30. The number of carbonyl (C=O) groups excluding carboxylic acids is 1. The lowest BCUT2D eigenvalue weighted by atomic mass is 9.96. The van der Waals surface area contributed by atoms with E-state index in [1.54, 1.807) is 6.92 Å². The van der Waals surface area contributed by atoms with Crippen molar-refractivity contribution in [3.8, 4) is 0 Å². The molecule has 0 radical (unpaired) electrons. The number of fused-ring (bicyclic) bond motifs is 1. The molecule has 2 atom stereocenters. The zero-order valence-corrected chi connectivity index (χ0v) is 14.1. The van der Waals surface area contributed by atoms with Gasteiger partial charge in [-0.2, -0.15) is 0 Å². The predicted molar refractivity (Wildman–Crippen MR) is 94.7 cm³/mol. The zero-order chi connectivity index (χ0) is 17.4. The van der Waals surface area contributed by atoms with E-state index in [1.807, 2.05) is 12.1 Å². The molecule has 2 rings (SSSR count). The van der Waals surface area contributed by atoms with E-state index in [1.165, 1.54) is 16.3 Å². The van der Waals surface area contributed by atoms with Crippen LogP contribution in [-0.2, 0) is 16.0 Å². The molecule has 0 amide bonds. The first-order chi connectivity index (χ1) is 11.7. The first kappa shape index (κ1) is 18.4. The van der Waals surface area contributed by atoms with Crippen molar-refractivity contribution in [2.45, 2.75) is 38.7 Å². The molecule has 4 heteroatoms. The highest BCUT2D eigenvalue weighted by atomic mass is 16.5. The van der Waals surface area contributed by atoms with Crippen LogP contribution < -0.4 is 0 Å². The second kappa shape index (κ2) is 9.40. The van der Waals surface area contributed by atoms with Crippen molar-refractivity contribution in [3.05, 3.63) is 48.0 Å². The Balaban J connectivity index is 1.84. The number of aliphatic hydroxyl groups excluding tert-OH is 2. The molecular formula is C20H26O4. The monoisotopic (exact) mass is 330 g/mol. The van der Waals surface area contributed by atoms with Crippen LogP contribution in [-0.4, -0.2) is 35.5 Å². The largest absolute Gasteiger partial charge is 0.466 e. The molecule has 130 valence electrons. The van der Waals surface area contributed by atoms with E-state index in [0.29, 0.717) is 6.42 Å². The number of hydrogen-bond acceptors (Lipinski definition) is 4. The van der Waals surface area contributed by atoms with Crippen LogP contribution >= 0.6 is 0 Å². The van der Waals surface area contributed by atoms with Gasteiger partial charge in [-0.15, -0.1) is 0 Å². The molecular weight excluding hydrogens is 304 g/mol. The van der Waals surface area contributed by atoms with Crippen LogP contribution in [0.2, 0.25) is 0 Å². The third kappa shape index (κ3) is 4.79. The number of ether oxygens (including phenoxy) is 1. The van der Waals surface area contributed by atoms with E-state index in [2.05, 4.69) is 30.3 Å². The normalized spacial score (nSPS) is 13.6. The van der Waals surface area contributed by atoms with Crippen LogP contribution in [0.25, 0.3) is 10.8 Å². The maximum absolute atomic E-state index is 11.7. The fourth-order valence-electron chi connectivity index (χ4n) is 2.98. The van der Waals surface area contributed by atoms with Crippen LogP contribution in [0.15, 0.2) is 42.5 Å². The van der Waals surface area contributed by atoms with E-state index < -0.39 is 18.0 Å². The number of esters is 1. The highest BCUT2D eigenvalue weighted by Crippen LogP contribution is 2.21. The summed E-state index contributed by atoms with van der Waals surface area (Å²) < 4.78 is 4.88. The van der Waals surface area contributed by atoms with Crippen LogP contribution in [0.4, 0.5) is 0 Å². The van der Waals surface area contributed by atoms with Gasteiger partial charge in [-0.3, -0.25) is 4.79 Å². The van der Waals surface area contributed by atoms with Gasteiger partial charge in [0, 0.05) is 0 Å². The molecule has 0 aromatic heterocycles. The molecule has 0 aliphatic heterocycles. The minimum atomic E-state index is -0.860. The Bertz CT molecular complexity index is 648. The Morgan fingerprint density at radius 3 is 2.62 bits per heavy atom. The minimum Gasteiger partial charge on any atom is -0.466 e. The molecule has 0 aliphatic carbocycles. The van der Waals surface area contributed by atoms with E-state index in [9.17, 15) is 15.0 Å². The predicted octanol–water partition coefficient (Wildman–Crippen LogP) is 3.09. The Morgan fingerprint density at radius 1 is 1.12 bits per heavy atom. The summed E-state index contributed by atoms with van der Waals surface area (Å²) >= 11 is 0. The fraction of sp³-hybridized carbons (Fsp3) is 0.450. The van der Waals surface area contributed by atoms with Crippen molar-refractivity contribution in [2.24, 2.45) is 5.92 Å². The molecule has 0 fully saturated rings. The van der Waals surface area contributed by atoms with Gasteiger partial charge in [-0.25, -0.2) is 0 Å². The number of aliphatic hydroxyl groups is 2. The van der Waals surface area contributed by atoms with Gasteiger partial charge in [0.15, 0.2) is 0 Å². The Hall–Kier alpha value is -1.91. The minimum absolute atomic E-state index is 0.253. The SMILES string of the molecule is CCOC(=O)[C@@H](CO)[C@@H](O)CCCCc1cccc2ccccc12. The molecule has 0 aliphatic rings. The van der Waals surface area contributed by atoms with E-state index in [-0.39, 0.29) is 13.2 Å². The van der Waals surface area contributed by atoms with Gasteiger partial charge in [0.05, 0.1) is 19.3 Å². The summed E-state index contributed by atoms with van der Waals surface area (Å²) in [5, 5.41) is 21.9. The van der Waals surface area contributed by atoms with Crippen molar-refractivity contribution < 1.29 is 19.7 Å². The molecule has 2 aromatic carbocycles. The molecule has 0 saturated heterocycles. The van der Waals surface area contributed by atoms with Gasteiger partial charge in [0.2, 0.25) is 0 Å². The van der Waals surface area contributed by atoms with E-state index in [0.717, 1.165) is 19.3 Å². The molecule has 0 heterocycles. The number of rotatable bonds is 9. The van der Waals surface area contributed by atoms with E-state index in [4.69, 9.17) is 4.74 Å². The third-order valence-electron chi connectivity index (χ3n) is 4.33. The van der Waals surface area contributed by atoms with Crippen molar-refractivity contribution in [1.29, 1.82) is 0 Å². The molecule has 0 saturated carbocycles. The molecule has 2 aromatic rings. The van der Waals surface area contributed by atoms with Gasteiger partial charge in [-0.1, -0.05) is 48.9 Å². The first-order valence-corrected chi connectivity index (χ1v) is 8.59. The lowest BCUT2D eigenvalue weighted by molar-refractivity contribution is -0.154. The number of unbranched alkanes of at least 4 members (excludes halogenated alkanes) is 1. The van der Waals surface area contributed by atoms with Crippen LogP contribution in [0.5, 0.6) is 0 Å². The van der Waals surface area contributed by atoms with Gasteiger partial charge in [0.1, 0.15) is 5.92 Å². The molecule has 24 heavy (non-hydrogen) atoms. The first-order valence-electron chi connectivity index (χ1n) is 8.59. The standard InChI is InChI=1S/C20H26O4/c1-2-24-20(23)18(14-21)19(22)13-6-4-9-16-11-7-10-15-8-3-5-12-17(15)16/h3,5,7-8,10-12,18-19,21-22H,2,4,6,9,13-14H2,1H3/t18-,19-/m0/s1. The smallest absolute Gasteiger partial charge is 0.313 e. The fourth-order valence-corrected chi connectivity index (χ4v) is 2.98. The molecule has 0 bridgehead atoms. The van der Waals surface area contributed by atoms with E-state index >= 15 is 0 Å². The highest BCUT2D eigenvalue weighted by Gasteiger charge is 2.26. The summed E-state index contributed by atoms with van der Waals surface area (Å²) in [5.74, 6) is -1.37. The quantitative estimate of drug-likeness (QED) is 0.548. The number of hydrogen-bond donors (Lipinski definition) is 2. The Labute approximate surface area is 143 Å². The summed E-state index contributed by atoms with van der Waals surface area (Å²) in [6.07, 6.45) is 2.26. The van der Waals surface area contributed by atoms with Crippen LogP contribution in [0.3, 0.4) is 0 Å². The number of benzene rings is 2. The summed E-state index contributed by atoms with van der Waals surface area (Å²) in [4.78, 5) is 11.7. The van der Waals surface area contributed by atoms with Gasteiger partial charge >= 0.3 is 5.97 Å². The number of aryl methyl sites for hydroxylation is 1. The second-order valence-electron chi connectivity index (χ2n) is 5.99. The topological polar surface area (TPSA) is 66.8 Å². The van der Waals surface area contributed by atoms with Gasteiger partial charge in [0.25, 0.3) is 0 Å². The van der Waals surface area contributed by atoms with Crippen molar-refractivity contribution in [2.75, 3.05) is 13.2 Å². The highest BCUT2D eigenvalue weighted by molar-refractivity contribution is 5.85. The average Bonchev–Trinajstić information content (AvgIpc) is 2.59. The molecule has 0 unspecified atom stereocenters. The van der Waals surface area contributed by atoms with Crippen LogP contribution in [0, 0.1) is 5.92 Å². The molecule has 2 N–H and O–H groups in total. The maximum Gasteiger partial charge on any atom is 0.313 e. The van der Waals surface area contributed by atoms with Crippen molar-refractivity contribution in [1.82, 2.24) is 0 Å². The van der Waals surface area contributed by atoms with Crippen molar-refractivity contribution in [3.63, 3.8) is 0 Å². The lowest BCUT2D eigenvalue weighted by Gasteiger charge is -2.19. The average molecular weight is 330 g/mol. The van der Waals surface area contributed by atoms with Crippen molar-refractivity contribution >= 4 is 16.7 Å². The summed E-state index contributed by atoms with van der Waals surface area (Å²) in [6, 6.07) is 14.6. The second-order valence-corrected chi connectivity index (χ2v) is 5.99. The Kier molecular flexibility index (Phi) is 7.22. The zero-order valence-electron chi connectivity index (χ0n) is 14.1. The summed E-state index contributed by atoms with van der Waals surface area (Å²) in [7, 11) is 0. The van der Waals surface area contributed by atoms with Gasteiger partial charge < -0.3 is 14.9 Å².